The molecule has 0 saturated carbocycles. The van der Waals surface area contributed by atoms with Crippen LogP contribution in [0.4, 0.5) is 0 Å². The van der Waals surface area contributed by atoms with Crippen LogP contribution in [-0.4, -0.2) is 26.2 Å². The van der Waals surface area contributed by atoms with Gasteiger partial charge in [-0.1, -0.05) is 0 Å². The van der Waals surface area contributed by atoms with E-state index in [0.29, 0.717) is 18.4 Å². The van der Waals surface area contributed by atoms with E-state index >= 15 is 0 Å². The van der Waals surface area contributed by atoms with Gasteiger partial charge in [-0.2, -0.15) is 5.26 Å². The average Bonchev–Trinajstić information content (AvgIpc) is 2.52. The van der Waals surface area contributed by atoms with Gasteiger partial charge in [0.25, 0.3) is 0 Å². The number of nitrogens with one attached hydrogen (secondary N) is 2. The standard InChI is InChI=1S/C8H15N3/c1-10-8(2-4-9)7-3-5-11-6-7/h7-8,10-11H,2-3,5-6H2,1H3. The van der Waals surface area contributed by atoms with Crippen molar-refractivity contribution in [3.63, 3.8) is 0 Å². The molecule has 1 fully saturated rings. The smallest absolute Gasteiger partial charge is 0.0638 e. The van der Waals surface area contributed by atoms with E-state index < -0.39 is 0 Å². The Bertz CT molecular complexity index is 144. The van der Waals surface area contributed by atoms with Crippen LogP contribution < -0.4 is 10.6 Å². The lowest BCUT2D eigenvalue weighted by atomic mass is 9.97. The van der Waals surface area contributed by atoms with E-state index in [0.717, 1.165) is 13.1 Å². The topological polar surface area (TPSA) is 47.9 Å². The monoisotopic (exact) mass is 153 g/mol. The first-order chi connectivity index (χ1) is 5.38. The second-order valence-electron chi connectivity index (χ2n) is 3.01. The molecule has 3 nitrogen and oxygen atoms in total. The quantitative estimate of drug-likeness (QED) is 0.604. The summed E-state index contributed by atoms with van der Waals surface area (Å²) in [4.78, 5) is 0. The Balaban J connectivity index is 2.34. The Hall–Kier alpha value is -0.590. The molecule has 0 bridgehead atoms. The van der Waals surface area contributed by atoms with Gasteiger partial charge < -0.3 is 10.6 Å². The minimum atomic E-state index is 0.384. The predicted molar refractivity (Wildman–Crippen MR) is 44.1 cm³/mol. The Morgan fingerprint density at radius 3 is 3.09 bits per heavy atom. The largest absolute Gasteiger partial charge is 0.316 e. The number of nitrogens with zero attached hydrogens (tertiary/aromatic N) is 1. The molecule has 0 radical (unpaired) electrons. The van der Waals surface area contributed by atoms with Crippen molar-refractivity contribution in [2.75, 3.05) is 20.1 Å². The van der Waals surface area contributed by atoms with Crippen LogP contribution in [-0.2, 0) is 0 Å². The van der Waals surface area contributed by atoms with Crippen molar-refractivity contribution in [3.05, 3.63) is 0 Å². The molecule has 0 aromatic carbocycles. The molecule has 3 heteroatoms. The molecule has 0 aromatic rings. The molecule has 0 spiro atoms. The fraction of sp³-hybridized carbons (Fsp3) is 0.875. The summed E-state index contributed by atoms with van der Waals surface area (Å²) in [6.07, 6.45) is 1.83. The summed E-state index contributed by atoms with van der Waals surface area (Å²) < 4.78 is 0. The normalized spacial score (nSPS) is 26.4. The zero-order chi connectivity index (χ0) is 8.10. The Kier molecular flexibility index (Phi) is 3.34. The fourth-order valence-electron chi connectivity index (χ4n) is 1.62. The Morgan fingerprint density at radius 1 is 1.82 bits per heavy atom. The molecule has 11 heavy (non-hydrogen) atoms. The van der Waals surface area contributed by atoms with Gasteiger partial charge in [0.15, 0.2) is 0 Å². The van der Waals surface area contributed by atoms with E-state index in [1.165, 1.54) is 6.42 Å². The zero-order valence-corrected chi connectivity index (χ0v) is 6.93. The van der Waals surface area contributed by atoms with Crippen molar-refractivity contribution in [2.24, 2.45) is 5.92 Å². The summed E-state index contributed by atoms with van der Waals surface area (Å²) in [5, 5.41) is 15.0. The van der Waals surface area contributed by atoms with Crippen molar-refractivity contribution < 1.29 is 0 Å². The molecule has 0 aromatic heterocycles. The zero-order valence-electron chi connectivity index (χ0n) is 6.93. The molecule has 2 unspecified atom stereocenters. The maximum absolute atomic E-state index is 8.52. The van der Waals surface area contributed by atoms with Crippen molar-refractivity contribution in [1.82, 2.24) is 10.6 Å². The summed E-state index contributed by atoms with van der Waals surface area (Å²) in [5.41, 5.74) is 0. The third kappa shape index (κ3) is 2.18. The second-order valence-corrected chi connectivity index (χ2v) is 3.01. The highest BCUT2D eigenvalue weighted by Gasteiger charge is 2.22. The van der Waals surface area contributed by atoms with E-state index in [-0.39, 0.29) is 0 Å². The van der Waals surface area contributed by atoms with Crippen LogP contribution in [0.5, 0.6) is 0 Å². The summed E-state index contributed by atoms with van der Waals surface area (Å²) in [6, 6.07) is 2.59. The summed E-state index contributed by atoms with van der Waals surface area (Å²) in [7, 11) is 1.93. The maximum atomic E-state index is 8.52. The van der Waals surface area contributed by atoms with E-state index in [1.807, 2.05) is 7.05 Å². The van der Waals surface area contributed by atoms with Crippen molar-refractivity contribution in [1.29, 1.82) is 5.26 Å². The van der Waals surface area contributed by atoms with Gasteiger partial charge in [0.2, 0.25) is 0 Å². The number of hydrogen-bond acceptors (Lipinski definition) is 3. The second kappa shape index (κ2) is 4.32. The van der Waals surface area contributed by atoms with Crippen molar-refractivity contribution in [3.8, 4) is 6.07 Å². The first-order valence-corrected chi connectivity index (χ1v) is 4.13. The molecule has 2 atom stereocenters. The lowest BCUT2D eigenvalue weighted by molar-refractivity contribution is 0.403. The van der Waals surface area contributed by atoms with Crippen LogP contribution in [0.3, 0.4) is 0 Å². The molecule has 62 valence electrons. The lowest BCUT2D eigenvalue weighted by Gasteiger charge is -2.18. The number of nitriles is 1. The lowest BCUT2D eigenvalue weighted by Crippen LogP contribution is -2.34. The molecule has 1 aliphatic rings. The first kappa shape index (κ1) is 8.51. The average molecular weight is 153 g/mol. The van der Waals surface area contributed by atoms with Gasteiger partial charge in [0.1, 0.15) is 0 Å². The van der Waals surface area contributed by atoms with Crippen LogP contribution in [0.1, 0.15) is 12.8 Å². The van der Waals surface area contributed by atoms with Gasteiger partial charge in [-0.15, -0.1) is 0 Å². The van der Waals surface area contributed by atoms with Crippen LogP contribution in [0.2, 0.25) is 0 Å². The van der Waals surface area contributed by atoms with E-state index in [2.05, 4.69) is 16.7 Å². The summed E-state index contributed by atoms with van der Waals surface area (Å²) in [6.45, 7) is 2.17. The van der Waals surface area contributed by atoms with Gasteiger partial charge in [0.05, 0.1) is 12.5 Å². The van der Waals surface area contributed by atoms with E-state index in [1.54, 1.807) is 0 Å². The third-order valence-corrected chi connectivity index (χ3v) is 2.35. The third-order valence-electron chi connectivity index (χ3n) is 2.35. The van der Waals surface area contributed by atoms with Crippen molar-refractivity contribution in [2.45, 2.75) is 18.9 Å². The maximum Gasteiger partial charge on any atom is 0.0638 e. The summed E-state index contributed by atoms with van der Waals surface area (Å²) >= 11 is 0. The molecule has 1 aliphatic heterocycles. The molecule has 1 rings (SSSR count). The molecular weight excluding hydrogens is 138 g/mol. The summed E-state index contributed by atoms with van der Waals surface area (Å²) in [5.74, 6) is 0.652. The van der Waals surface area contributed by atoms with Crippen LogP contribution in [0.15, 0.2) is 0 Å². The number of rotatable bonds is 3. The minimum absolute atomic E-state index is 0.384. The fourth-order valence-corrected chi connectivity index (χ4v) is 1.62. The Morgan fingerprint density at radius 2 is 2.64 bits per heavy atom. The molecule has 2 N–H and O–H groups in total. The van der Waals surface area contributed by atoms with Crippen LogP contribution in [0.25, 0.3) is 0 Å². The predicted octanol–water partition coefficient (Wildman–Crippen LogP) is 0.0976. The van der Waals surface area contributed by atoms with Crippen LogP contribution >= 0.6 is 0 Å². The molecule has 0 aliphatic carbocycles. The highest BCUT2D eigenvalue weighted by atomic mass is 14.9. The van der Waals surface area contributed by atoms with Gasteiger partial charge in [0, 0.05) is 6.04 Å². The minimum Gasteiger partial charge on any atom is -0.316 e. The highest BCUT2D eigenvalue weighted by Crippen LogP contribution is 2.14. The van der Waals surface area contributed by atoms with Gasteiger partial charge in [-0.25, -0.2) is 0 Å². The molecule has 0 amide bonds. The van der Waals surface area contributed by atoms with Crippen molar-refractivity contribution >= 4 is 0 Å². The highest BCUT2D eigenvalue weighted by molar-refractivity contribution is 4.88. The van der Waals surface area contributed by atoms with Gasteiger partial charge in [-0.05, 0) is 32.5 Å². The van der Waals surface area contributed by atoms with Gasteiger partial charge >= 0.3 is 0 Å². The van der Waals surface area contributed by atoms with E-state index in [4.69, 9.17) is 5.26 Å². The molecule has 1 heterocycles. The van der Waals surface area contributed by atoms with E-state index in [9.17, 15) is 0 Å². The molecular formula is C8H15N3. The van der Waals surface area contributed by atoms with Crippen LogP contribution in [0, 0.1) is 17.2 Å². The number of hydrogen-bond donors (Lipinski definition) is 2. The molecule has 1 saturated heterocycles. The Labute approximate surface area is 67.8 Å². The SMILES string of the molecule is CNC(CC#N)C1CCNC1. The first-order valence-electron chi connectivity index (χ1n) is 4.13. The van der Waals surface area contributed by atoms with Gasteiger partial charge in [-0.3, -0.25) is 0 Å².